The van der Waals surface area contributed by atoms with Crippen molar-refractivity contribution >= 4 is 23.2 Å². The zero-order chi connectivity index (χ0) is 25.4. The molecule has 1 saturated carbocycles. The van der Waals surface area contributed by atoms with Gasteiger partial charge in [0, 0.05) is 37.6 Å². The molecule has 188 valence electrons. The summed E-state index contributed by atoms with van der Waals surface area (Å²) in [5, 5.41) is 2.89. The predicted octanol–water partition coefficient (Wildman–Crippen LogP) is 4.61. The molecule has 9 heteroatoms. The Morgan fingerprint density at radius 1 is 1.08 bits per heavy atom. The van der Waals surface area contributed by atoms with Gasteiger partial charge >= 0.3 is 0 Å². The Kier molecular flexibility index (Phi) is 6.04. The number of anilines is 2. The molecule has 1 atom stereocenters. The van der Waals surface area contributed by atoms with Gasteiger partial charge in [0.25, 0.3) is 5.91 Å². The quantitative estimate of drug-likeness (QED) is 0.402. The molecule has 4 aromatic heterocycles. The van der Waals surface area contributed by atoms with Crippen LogP contribution in [0.3, 0.4) is 0 Å². The second-order valence-electron chi connectivity index (χ2n) is 9.80. The van der Waals surface area contributed by atoms with Crippen LogP contribution >= 0.6 is 0 Å². The number of aromatic nitrogens is 5. The number of carbonyl (C=O) groups is 1. The smallest absolute Gasteiger partial charge is 0.258 e. The highest BCUT2D eigenvalue weighted by Crippen LogP contribution is 2.40. The minimum absolute atomic E-state index is 0.249. The van der Waals surface area contributed by atoms with E-state index in [-0.39, 0.29) is 11.8 Å². The van der Waals surface area contributed by atoms with Crippen LogP contribution < -0.4 is 11.1 Å². The molecule has 1 saturated heterocycles. The highest BCUT2D eigenvalue weighted by atomic mass is 16.1. The first-order valence-electron chi connectivity index (χ1n) is 12.8. The summed E-state index contributed by atoms with van der Waals surface area (Å²) < 4.78 is 1.86. The van der Waals surface area contributed by atoms with Gasteiger partial charge in [-0.1, -0.05) is 6.08 Å². The molecule has 3 N–H and O–H groups in total. The van der Waals surface area contributed by atoms with E-state index in [0.717, 1.165) is 37.1 Å². The molecule has 0 spiro atoms. The minimum atomic E-state index is -0.249. The summed E-state index contributed by atoms with van der Waals surface area (Å²) in [7, 11) is 0. The van der Waals surface area contributed by atoms with Crippen LogP contribution in [0.15, 0.2) is 61.2 Å². The number of hydrogen-bond donors (Lipinski definition) is 2. The summed E-state index contributed by atoms with van der Waals surface area (Å²) in [6, 6.07) is 9.49. The summed E-state index contributed by atoms with van der Waals surface area (Å²) in [6.45, 7) is 3.99. The third-order valence-corrected chi connectivity index (χ3v) is 7.14. The van der Waals surface area contributed by atoms with Crippen molar-refractivity contribution in [2.75, 3.05) is 24.1 Å². The molecule has 2 fully saturated rings. The van der Waals surface area contributed by atoms with Crippen LogP contribution in [0, 0.1) is 0 Å². The van der Waals surface area contributed by atoms with Crippen LogP contribution in [0.2, 0.25) is 0 Å². The van der Waals surface area contributed by atoms with Crippen molar-refractivity contribution in [1.82, 2.24) is 29.2 Å². The number of nitrogens with two attached hydrogens (primary N) is 1. The van der Waals surface area contributed by atoms with E-state index in [1.807, 2.05) is 29.5 Å². The van der Waals surface area contributed by atoms with Crippen LogP contribution in [0.25, 0.3) is 17.0 Å². The third kappa shape index (κ3) is 4.64. The van der Waals surface area contributed by atoms with Gasteiger partial charge in [0.05, 0.1) is 16.8 Å². The first-order chi connectivity index (χ1) is 18.1. The van der Waals surface area contributed by atoms with E-state index in [1.165, 1.54) is 18.4 Å². The van der Waals surface area contributed by atoms with Crippen molar-refractivity contribution in [2.24, 2.45) is 0 Å². The predicted molar refractivity (Wildman–Crippen MR) is 143 cm³/mol. The molecule has 0 bridgehead atoms. The molecule has 37 heavy (non-hydrogen) atoms. The number of fused-ring (bicyclic) bond motifs is 1. The lowest BCUT2D eigenvalue weighted by atomic mass is 9.94. The molecule has 1 aliphatic carbocycles. The fourth-order valence-electron chi connectivity index (χ4n) is 5.17. The standard InChI is InChI=1S/C28H30N8O/c1-2-13-35-14-3-4-21(17-35)25-23-10-12-31-28(29)36(23)26(34-25)22-8-7-20(16-32-22)27(37)33-24-15-19(9-11-30-24)18-5-6-18/h2,7-13,15-16,18,21H,3-6,14,17H2,1H3,(H2,29,31)(H,30,33,37). The van der Waals surface area contributed by atoms with E-state index in [4.69, 9.17) is 10.7 Å². The number of imidazole rings is 1. The van der Waals surface area contributed by atoms with Gasteiger partial charge in [-0.25, -0.2) is 15.0 Å². The van der Waals surface area contributed by atoms with Crippen LogP contribution in [0.4, 0.5) is 11.8 Å². The van der Waals surface area contributed by atoms with E-state index < -0.39 is 0 Å². The monoisotopic (exact) mass is 494 g/mol. The van der Waals surface area contributed by atoms with Crippen LogP contribution in [-0.2, 0) is 0 Å². The maximum absolute atomic E-state index is 12.9. The molecule has 0 aromatic carbocycles. The zero-order valence-electron chi connectivity index (χ0n) is 20.8. The van der Waals surface area contributed by atoms with Crippen LogP contribution in [-0.4, -0.2) is 48.2 Å². The maximum atomic E-state index is 12.9. The molecule has 2 aliphatic rings. The number of carbonyl (C=O) groups excluding carboxylic acids is 1. The molecule has 1 unspecified atom stereocenters. The number of hydrogen-bond acceptors (Lipinski definition) is 7. The highest BCUT2D eigenvalue weighted by Gasteiger charge is 2.27. The maximum Gasteiger partial charge on any atom is 0.258 e. The molecule has 0 radical (unpaired) electrons. The Morgan fingerprint density at radius 3 is 2.73 bits per heavy atom. The molecule has 1 aliphatic heterocycles. The molecule has 4 aromatic rings. The SMILES string of the molecule is CC=CN1CCCC(c2nc(-c3ccc(C(=O)Nc4cc(C5CC5)ccn4)cn3)n3c(N)nccc23)C1. The molecule has 5 heterocycles. The lowest BCUT2D eigenvalue weighted by Gasteiger charge is -2.31. The van der Waals surface area contributed by atoms with Crippen LogP contribution in [0.1, 0.15) is 66.1 Å². The van der Waals surface area contributed by atoms with Gasteiger partial charge in [0.15, 0.2) is 5.82 Å². The normalized spacial score (nSPS) is 18.0. The minimum Gasteiger partial charge on any atom is -0.377 e. The number of rotatable bonds is 6. The summed E-state index contributed by atoms with van der Waals surface area (Å²) in [5.41, 5.74) is 10.6. The highest BCUT2D eigenvalue weighted by molar-refractivity contribution is 6.03. The van der Waals surface area contributed by atoms with E-state index in [2.05, 4.69) is 37.4 Å². The van der Waals surface area contributed by atoms with E-state index >= 15 is 0 Å². The first-order valence-corrected chi connectivity index (χ1v) is 12.8. The Labute approximate surface area is 215 Å². The molecule has 9 nitrogen and oxygen atoms in total. The van der Waals surface area contributed by atoms with E-state index in [1.54, 1.807) is 30.7 Å². The number of pyridine rings is 2. The van der Waals surface area contributed by atoms with Crippen molar-refractivity contribution in [3.05, 3.63) is 78.0 Å². The van der Waals surface area contributed by atoms with Gasteiger partial charge in [0.2, 0.25) is 5.95 Å². The largest absolute Gasteiger partial charge is 0.377 e. The average molecular weight is 495 g/mol. The molecule has 1 amide bonds. The average Bonchev–Trinajstić information content (AvgIpc) is 3.70. The Balaban J connectivity index is 1.28. The number of nitrogens with one attached hydrogen (secondary N) is 1. The van der Waals surface area contributed by atoms with Crippen molar-refractivity contribution in [3.8, 4) is 11.5 Å². The molecular weight excluding hydrogens is 464 g/mol. The van der Waals surface area contributed by atoms with Gasteiger partial charge in [-0.15, -0.1) is 0 Å². The zero-order valence-corrected chi connectivity index (χ0v) is 20.8. The van der Waals surface area contributed by atoms with Gasteiger partial charge < -0.3 is 16.0 Å². The molecule has 6 rings (SSSR count). The number of allylic oxidation sites excluding steroid dienone is 1. The van der Waals surface area contributed by atoms with Gasteiger partial charge in [-0.05, 0) is 80.6 Å². The van der Waals surface area contributed by atoms with Crippen molar-refractivity contribution in [2.45, 2.75) is 44.4 Å². The number of likely N-dealkylation sites (tertiary alicyclic amines) is 1. The Hall–Kier alpha value is -4.27. The van der Waals surface area contributed by atoms with Gasteiger partial charge in [-0.3, -0.25) is 14.2 Å². The number of nitrogen functional groups attached to an aromatic ring is 1. The van der Waals surface area contributed by atoms with Gasteiger partial charge in [0.1, 0.15) is 11.5 Å². The molecular formula is C28H30N8O. The second kappa shape index (κ2) is 9.65. The fourth-order valence-corrected chi connectivity index (χ4v) is 5.17. The van der Waals surface area contributed by atoms with Crippen LogP contribution in [0.5, 0.6) is 0 Å². The Morgan fingerprint density at radius 2 is 1.95 bits per heavy atom. The van der Waals surface area contributed by atoms with Crippen molar-refractivity contribution in [3.63, 3.8) is 0 Å². The number of piperidine rings is 1. The number of amides is 1. The van der Waals surface area contributed by atoms with E-state index in [9.17, 15) is 4.79 Å². The second-order valence-corrected chi connectivity index (χ2v) is 9.80. The lowest BCUT2D eigenvalue weighted by molar-refractivity contribution is 0.102. The fraction of sp³-hybridized carbons (Fsp3) is 0.321. The summed E-state index contributed by atoms with van der Waals surface area (Å²) in [5.74, 6) is 2.17. The third-order valence-electron chi connectivity index (χ3n) is 7.14. The Bertz CT molecular complexity index is 1470. The van der Waals surface area contributed by atoms with E-state index in [0.29, 0.717) is 34.8 Å². The van der Waals surface area contributed by atoms with Gasteiger partial charge in [-0.2, -0.15) is 0 Å². The topological polar surface area (TPSA) is 114 Å². The summed E-state index contributed by atoms with van der Waals surface area (Å²) >= 11 is 0. The summed E-state index contributed by atoms with van der Waals surface area (Å²) in [6.07, 6.45) is 13.8. The first kappa shape index (κ1) is 23.1. The van der Waals surface area contributed by atoms with Crippen molar-refractivity contribution < 1.29 is 4.79 Å². The van der Waals surface area contributed by atoms with Crippen molar-refractivity contribution in [1.29, 1.82) is 0 Å². The summed E-state index contributed by atoms with van der Waals surface area (Å²) in [4.78, 5) is 33.4. The lowest BCUT2D eigenvalue weighted by Crippen LogP contribution is -2.30. The number of nitrogens with zero attached hydrogens (tertiary/aromatic N) is 6.